The number of halogens is 1. The molecule has 190 valence electrons. The summed E-state index contributed by atoms with van der Waals surface area (Å²) < 4.78 is 7.52. The number of hydrogen-bond acceptors (Lipinski definition) is 9. The number of nitrogen functional groups attached to an aromatic ring is 1. The molecule has 0 radical (unpaired) electrons. The van der Waals surface area contributed by atoms with Gasteiger partial charge in [-0.3, -0.25) is 14.2 Å². The van der Waals surface area contributed by atoms with Gasteiger partial charge in [0.1, 0.15) is 24.0 Å². The van der Waals surface area contributed by atoms with E-state index < -0.39 is 35.6 Å². The number of ketones is 2. The molecular formula is C26H24ClN5O5. The largest absolute Gasteiger partial charge is 0.382 e. The van der Waals surface area contributed by atoms with Crippen molar-refractivity contribution in [1.29, 1.82) is 0 Å². The zero-order valence-electron chi connectivity index (χ0n) is 20.0. The topological polar surface area (TPSA) is 153 Å². The van der Waals surface area contributed by atoms with E-state index in [4.69, 9.17) is 22.1 Å². The molecule has 5 rings (SSSR count). The first-order chi connectivity index (χ1) is 17.6. The maximum absolute atomic E-state index is 13.8. The van der Waals surface area contributed by atoms with Gasteiger partial charge in [0.15, 0.2) is 28.0 Å². The van der Waals surface area contributed by atoms with Gasteiger partial charge in [-0.05, 0) is 25.0 Å². The molecule has 1 aliphatic heterocycles. The van der Waals surface area contributed by atoms with Gasteiger partial charge in [-0.15, -0.1) is 0 Å². The number of aryl methyl sites for hydroxylation is 2. The molecule has 1 saturated heterocycles. The smallest absolute Gasteiger partial charge is 0.223 e. The van der Waals surface area contributed by atoms with Gasteiger partial charge in [0.05, 0.1) is 6.33 Å². The Morgan fingerprint density at radius 3 is 2.38 bits per heavy atom. The summed E-state index contributed by atoms with van der Waals surface area (Å²) in [6, 6.07) is 13.5. The fourth-order valence-corrected chi connectivity index (χ4v) is 4.97. The Morgan fingerprint density at radius 1 is 1.11 bits per heavy atom. The molecule has 37 heavy (non-hydrogen) atoms. The number of aliphatic hydroxyl groups is 2. The zero-order valence-corrected chi connectivity index (χ0v) is 20.8. The number of nitrogens with two attached hydrogens (primary N) is 1. The van der Waals surface area contributed by atoms with E-state index in [0.717, 1.165) is 0 Å². The first-order valence-corrected chi connectivity index (χ1v) is 11.9. The molecule has 3 heterocycles. The molecule has 1 aliphatic rings. The van der Waals surface area contributed by atoms with Crippen molar-refractivity contribution in [3.05, 3.63) is 82.3 Å². The van der Waals surface area contributed by atoms with Crippen molar-refractivity contribution in [2.45, 2.75) is 44.3 Å². The van der Waals surface area contributed by atoms with E-state index in [2.05, 4.69) is 15.0 Å². The molecule has 2 aromatic heterocycles. The Kier molecular flexibility index (Phi) is 6.28. The predicted octanol–water partition coefficient (Wildman–Crippen LogP) is 2.82. The van der Waals surface area contributed by atoms with Gasteiger partial charge in [0, 0.05) is 17.5 Å². The van der Waals surface area contributed by atoms with Crippen LogP contribution in [0, 0.1) is 13.8 Å². The second kappa shape index (κ2) is 9.31. The molecule has 4 aromatic rings. The van der Waals surface area contributed by atoms with Crippen molar-refractivity contribution in [2.24, 2.45) is 0 Å². The number of aromatic nitrogens is 4. The fraction of sp³-hybridized carbons (Fsp3) is 0.269. The van der Waals surface area contributed by atoms with Crippen LogP contribution in [0.5, 0.6) is 0 Å². The molecule has 0 saturated carbocycles. The van der Waals surface area contributed by atoms with Gasteiger partial charge in [0.2, 0.25) is 5.95 Å². The Balaban J connectivity index is 1.60. The molecule has 0 spiro atoms. The standard InChI is InChI=1S/C26H24ClN5O5/c1-13-7-3-5-9-15(13)19(33)20(34)22-26(36,21(35)16-10-6-4-8-14(16)2)11-17(37-22)32-12-29-18-23(27)30-25(28)31-24(18)32/h3-10,12,17,20,22,34,36H,11H2,1-2H3,(H2,28,30,31)/t17-,20?,22-,26-/m1/s1. The maximum atomic E-state index is 13.8. The molecule has 10 nitrogen and oxygen atoms in total. The maximum Gasteiger partial charge on any atom is 0.223 e. The van der Waals surface area contributed by atoms with Crippen molar-refractivity contribution in [1.82, 2.24) is 19.5 Å². The van der Waals surface area contributed by atoms with E-state index in [-0.39, 0.29) is 39.8 Å². The van der Waals surface area contributed by atoms with E-state index in [9.17, 15) is 19.8 Å². The van der Waals surface area contributed by atoms with Gasteiger partial charge >= 0.3 is 0 Å². The van der Waals surface area contributed by atoms with Crippen molar-refractivity contribution in [3.63, 3.8) is 0 Å². The SMILES string of the molecule is Cc1ccccc1C(=O)C(O)[C@H]1O[C@@H](n2cnc3c(Cl)nc(N)nc32)C[C@@]1(O)C(=O)c1ccccc1C. The molecule has 1 fully saturated rings. The number of ether oxygens (including phenoxy) is 1. The summed E-state index contributed by atoms with van der Waals surface area (Å²) in [6.45, 7) is 3.47. The van der Waals surface area contributed by atoms with Crippen LogP contribution in [-0.4, -0.2) is 59.1 Å². The van der Waals surface area contributed by atoms with Crippen molar-refractivity contribution in [2.75, 3.05) is 5.73 Å². The van der Waals surface area contributed by atoms with E-state index in [1.165, 1.54) is 10.9 Å². The Morgan fingerprint density at radius 2 is 1.73 bits per heavy atom. The number of benzene rings is 2. The Hall–Kier alpha value is -3.70. The van der Waals surface area contributed by atoms with Crippen molar-refractivity contribution >= 4 is 40.3 Å². The minimum atomic E-state index is -2.26. The summed E-state index contributed by atoms with van der Waals surface area (Å²) in [6.07, 6.45) is -3.40. The number of Topliss-reactive ketones (excluding diaryl/α,β-unsaturated/α-hetero) is 2. The molecular weight excluding hydrogens is 498 g/mol. The molecule has 0 aliphatic carbocycles. The second-order valence-corrected chi connectivity index (χ2v) is 9.46. The summed E-state index contributed by atoms with van der Waals surface area (Å²) in [5.41, 5.74) is 5.74. The zero-order chi connectivity index (χ0) is 26.5. The van der Waals surface area contributed by atoms with Crippen LogP contribution in [0.25, 0.3) is 11.2 Å². The minimum absolute atomic E-state index is 0.0248. The van der Waals surface area contributed by atoms with Crippen LogP contribution in [0.3, 0.4) is 0 Å². The minimum Gasteiger partial charge on any atom is -0.382 e. The van der Waals surface area contributed by atoms with Crippen LogP contribution in [-0.2, 0) is 4.74 Å². The molecule has 1 unspecified atom stereocenters. The number of anilines is 1. The van der Waals surface area contributed by atoms with Gasteiger partial charge in [0.25, 0.3) is 0 Å². The molecule has 11 heteroatoms. The quantitative estimate of drug-likeness (QED) is 0.256. The number of hydrogen-bond donors (Lipinski definition) is 3. The lowest BCUT2D eigenvalue weighted by atomic mass is 9.81. The summed E-state index contributed by atoms with van der Waals surface area (Å²) in [4.78, 5) is 39.4. The molecule has 4 atom stereocenters. The first kappa shape index (κ1) is 25.0. The highest BCUT2D eigenvalue weighted by Crippen LogP contribution is 2.42. The molecule has 4 N–H and O–H groups in total. The summed E-state index contributed by atoms with van der Waals surface area (Å²) in [5.74, 6) is -1.45. The van der Waals surface area contributed by atoms with Crippen LogP contribution in [0.1, 0.15) is 44.5 Å². The normalized spacial score (nSPS) is 22.3. The second-order valence-electron chi connectivity index (χ2n) is 9.10. The highest BCUT2D eigenvalue weighted by Gasteiger charge is 2.58. The highest BCUT2D eigenvalue weighted by atomic mass is 35.5. The van der Waals surface area contributed by atoms with Crippen LogP contribution in [0.4, 0.5) is 5.95 Å². The van der Waals surface area contributed by atoms with Crippen LogP contribution in [0.2, 0.25) is 5.15 Å². The van der Waals surface area contributed by atoms with Crippen LogP contribution < -0.4 is 5.73 Å². The average Bonchev–Trinajstić information content (AvgIpc) is 3.45. The fourth-order valence-electron chi connectivity index (χ4n) is 4.75. The van der Waals surface area contributed by atoms with E-state index in [1.54, 1.807) is 62.4 Å². The van der Waals surface area contributed by atoms with Gasteiger partial charge in [-0.25, -0.2) is 4.98 Å². The Labute approximate surface area is 216 Å². The highest BCUT2D eigenvalue weighted by molar-refractivity contribution is 6.33. The lowest BCUT2D eigenvalue weighted by Gasteiger charge is -2.30. The lowest BCUT2D eigenvalue weighted by molar-refractivity contribution is -0.0902. The molecule has 0 bridgehead atoms. The monoisotopic (exact) mass is 521 g/mol. The van der Waals surface area contributed by atoms with Gasteiger partial charge in [-0.1, -0.05) is 60.1 Å². The average molecular weight is 522 g/mol. The van der Waals surface area contributed by atoms with Gasteiger partial charge in [-0.2, -0.15) is 9.97 Å². The van der Waals surface area contributed by atoms with Gasteiger partial charge < -0.3 is 20.7 Å². The number of aliphatic hydroxyl groups excluding tert-OH is 1. The van der Waals surface area contributed by atoms with Crippen LogP contribution in [0.15, 0.2) is 54.9 Å². The number of fused-ring (bicyclic) bond motifs is 1. The Bertz CT molecular complexity index is 1540. The third kappa shape index (κ3) is 4.17. The first-order valence-electron chi connectivity index (χ1n) is 11.5. The predicted molar refractivity (Wildman–Crippen MR) is 135 cm³/mol. The third-order valence-corrected chi connectivity index (χ3v) is 6.98. The summed E-state index contributed by atoms with van der Waals surface area (Å²) >= 11 is 6.15. The van der Waals surface area contributed by atoms with E-state index in [0.29, 0.717) is 11.1 Å². The summed E-state index contributed by atoms with van der Waals surface area (Å²) in [5, 5.41) is 23.1. The number of carbonyl (C=O) groups is 2. The summed E-state index contributed by atoms with van der Waals surface area (Å²) in [7, 11) is 0. The van der Waals surface area contributed by atoms with Crippen molar-refractivity contribution in [3.8, 4) is 0 Å². The lowest BCUT2D eigenvalue weighted by Crippen LogP contribution is -2.54. The number of rotatable bonds is 6. The number of nitrogens with zero attached hydrogens (tertiary/aromatic N) is 4. The van der Waals surface area contributed by atoms with E-state index in [1.807, 2.05) is 0 Å². The number of imidazole rings is 1. The molecule has 0 amide bonds. The number of carbonyl (C=O) groups excluding carboxylic acids is 2. The van der Waals surface area contributed by atoms with Crippen LogP contribution >= 0.6 is 11.6 Å². The molecule has 2 aromatic carbocycles. The van der Waals surface area contributed by atoms with Crippen molar-refractivity contribution < 1.29 is 24.5 Å². The van der Waals surface area contributed by atoms with E-state index >= 15 is 0 Å². The third-order valence-electron chi connectivity index (χ3n) is 6.72.